The Bertz CT molecular complexity index is 1380. The fraction of sp³-hybridized carbons (Fsp3) is 0.817. The van der Waals surface area contributed by atoms with Gasteiger partial charge in [0.05, 0.1) is 0 Å². The average molecular weight is 1080 g/mol. The molecule has 0 spiro atoms. The zero-order chi connectivity index (χ0) is 55.7. The maximum atomic E-state index is 12.9. The van der Waals surface area contributed by atoms with E-state index >= 15 is 0 Å². The predicted molar refractivity (Wildman–Crippen MR) is 335 cm³/mol. The number of rotatable bonds is 62. The number of ether oxygens (including phenoxy) is 3. The minimum absolute atomic E-state index is 0.0922. The Balaban J connectivity index is 4.25. The molecule has 0 amide bonds. The van der Waals surface area contributed by atoms with Crippen molar-refractivity contribution in [1.82, 2.24) is 0 Å². The molecule has 1 unspecified atom stereocenters. The molecule has 0 aromatic carbocycles. The number of carbonyl (C=O) groups is 3. The molecule has 0 saturated heterocycles. The van der Waals surface area contributed by atoms with Gasteiger partial charge in [0.25, 0.3) is 0 Å². The van der Waals surface area contributed by atoms with Crippen LogP contribution in [-0.2, 0) is 28.6 Å². The molecular formula is C71H128O6. The van der Waals surface area contributed by atoms with E-state index in [-0.39, 0.29) is 37.5 Å². The van der Waals surface area contributed by atoms with Gasteiger partial charge in [0.1, 0.15) is 13.2 Å². The molecule has 0 aliphatic carbocycles. The molecule has 0 rings (SSSR count). The average Bonchev–Trinajstić information content (AvgIpc) is 3.43. The summed E-state index contributed by atoms with van der Waals surface area (Å²) in [4.78, 5) is 38.3. The van der Waals surface area contributed by atoms with Crippen LogP contribution in [0.4, 0.5) is 0 Å². The van der Waals surface area contributed by atoms with Gasteiger partial charge in [-0.15, -0.1) is 0 Å². The molecule has 6 heteroatoms. The zero-order valence-corrected chi connectivity index (χ0v) is 51.5. The third-order valence-electron chi connectivity index (χ3n) is 15.0. The second-order valence-corrected chi connectivity index (χ2v) is 22.7. The SMILES string of the molecule is CC/C=C\C/C=C\C/C=C\C/C=C\C/C=C\CCCC(=O)OC(COC(=O)CCCCCCCCCCCCCCCC)COC(=O)CCCCCCCCCCCCCCCCCCCCCCCCCCCCCC. The summed E-state index contributed by atoms with van der Waals surface area (Å²) in [6.45, 7) is 6.54. The molecular weight excluding hydrogens is 949 g/mol. The van der Waals surface area contributed by atoms with Crippen molar-refractivity contribution in [2.24, 2.45) is 0 Å². The molecule has 0 saturated carbocycles. The Hall–Kier alpha value is -2.89. The Morgan fingerprint density at radius 2 is 0.506 bits per heavy atom. The van der Waals surface area contributed by atoms with Crippen molar-refractivity contribution in [2.45, 2.75) is 361 Å². The molecule has 77 heavy (non-hydrogen) atoms. The summed E-state index contributed by atoms with van der Waals surface area (Å²) in [6.07, 6.45) is 84.0. The van der Waals surface area contributed by atoms with Crippen LogP contribution in [0.1, 0.15) is 355 Å². The number of hydrogen-bond acceptors (Lipinski definition) is 6. The molecule has 0 aliphatic heterocycles. The van der Waals surface area contributed by atoms with E-state index in [2.05, 4.69) is 81.5 Å². The van der Waals surface area contributed by atoms with Gasteiger partial charge in [-0.1, -0.05) is 338 Å². The topological polar surface area (TPSA) is 78.9 Å². The molecule has 0 bridgehead atoms. The lowest BCUT2D eigenvalue weighted by atomic mass is 10.0. The van der Waals surface area contributed by atoms with Crippen LogP contribution in [0.5, 0.6) is 0 Å². The first-order valence-corrected chi connectivity index (χ1v) is 33.8. The first kappa shape index (κ1) is 74.1. The number of esters is 3. The summed E-state index contributed by atoms with van der Waals surface area (Å²) >= 11 is 0. The summed E-state index contributed by atoms with van der Waals surface area (Å²) in [5, 5.41) is 0. The smallest absolute Gasteiger partial charge is 0.306 e. The van der Waals surface area contributed by atoms with Crippen molar-refractivity contribution in [3.05, 3.63) is 60.8 Å². The quantitative estimate of drug-likeness (QED) is 0.0261. The van der Waals surface area contributed by atoms with Gasteiger partial charge in [-0.05, 0) is 57.8 Å². The Kier molecular flexibility index (Phi) is 63.2. The van der Waals surface area contributed by atoms with Gasteiger partial charge >= 0.3 is 17.9 Å². The molecule has 0 aliphatic rings. The monoisotopic (exact) mass is 1080 g/mol. The number of hydrogen-bond donors (Lipinski definition) is 0. The Labute approximate surface area is 479 Å². The third kappa shape index (κ3) is 63.8. The molecule has 0 radical (unpaired) electrons. The van der Waals surface area contributed by atoms with E-state index in [9.17, 15) is 14.4 Å². The number of carbonyl (C=O) groups excluding carboxylic acids is 3. The van der Waals surface area contributed by atoms with E-state index in [0.717, 1.165) is 77.0 Å². The van der Waals surface area contributed by atoms with Gasteiger partial charge < -0.3 is 14.2 Å². The molecule has 1 atom stereocenters. The van der Waals surface area contributed by atoms with Crippen molar-refractivity contribution in [3.8, 4) is 0 Å². The lowest BCUT2D eigenvalue weighted by Gasteiger charge is -2.18. The van der Waals surface area contributed by atoms with E-state index in [1.54, 1.807) is 0 Å². The van der Waals surface area contributed by atoms with Crippen LogP contribution >= 0.6 is 0 Å². The standard InChI is InChI=1S/C71H128O6/c1-4-7-10-13-16-19-22-25-28-30-31-32-33-34-35-36-37-38-39-40-42-43-46-49-52-55-58-61-64-70(73)76-67-68(66-75-69(72)63-60-57-54-51-48-45-27-24-21-18-15-12-9-6-3)77-71(74)65-62-59-56-53-50-47-44-41-29-26-23-20-17-14-11-8-5-2/h8,11,17,20,26,29,44,47,53,56,68H,4-7,9-10,12-16,18-19,21-25,27-28,30-43,45-46,48-52,54-55,57-67H2,1-3H3/b11-8-,20-17-,29-26-,47-44-,56-53-. The van der Waals surface area contributed by atoms with Crippen LogP contribution < -0.4 is 0 Å². The number of unbranched alkanes of at least 4 members (excludes halogenated alkanes) is 41. The summed E-state index contributed by atoms with van der Waals surface area (Å²) in [6, 6.07) is 0. The highest BCUT2D eigenvalue weighted by molar-refractivity contribution is 5.71. The fourth-order valence-electron chi connectivity index (χ4n) is 10.0. The maximum Gasteiger partial charge on any atom is 0.306 e. The first-order chi connectivity index (χ1) is 38.0. The van der Waals surface area contributed by atoms with Crippen LogP contribution in [0.2, 0.25) is 0 Å². The van der Waals surface area contributed by atoms with Crippen LogP contribution in [0.3, 0.4) is 0 Å². The lowest BCUT2D eigenvalue weighted by molar-refractivity contribution is -0.167. The lowest BCUT2D eigenvalue weighted by Crippen LogP contribution is -2.30. The van der Waals surface area contributed by atoms with Gasteiger partial charge in [0, 0.05) is 19.3 Å². The van der Waals surface area contributed by atoms with Crippen molar-refractivity contribution < 1.29 is 28.6 Å². The second-order valence-electron chi connectivity index (χ2n) is 22.7. The van der Waals surface area contributed by atoms with Crippen molar-refractivity contribution in [2.75, 3.05) is 13.2 Å². The van der Waals surface area contributed by atoms with Crippen LogP contribution in [0.25, 0.3) is 0 Å². The van der Waals surface area contributed by atoms with E-state index in [4.69, 9.17) is 14.2 Å². The van der Waals surface area contributed by atoms with Crippen molar-refractivity contribution >= 4 is 17.9 Å². The first-order valence-electron chi connectivity index (χ1n) is 33.8. The summed E-state index contributed by atoms with van der Waals surface area (Å²) in [5.41, 5.74) is 0. The van der Waals surface area contributed by atoms with E-state index in [1.165, 1.54) is 231 Å². The zero-order valence-electron chi connectivity index (χ0n) is 51.5. The van der Waals surface area contributed by atoms with E-state index in [0.29, 0.717) is 19.3 Å². The predicted octanol–water partition coefficient (Wildman–Crippen LogP) is 23.1. The highest BCUT2D eigenvalue weighted by Crippen LogP contribution is 2.18. The molecule has 6 nitrogen and oxygen atoms in total. The maximum absolute atomic E-state index is 12.9. The normalized spacial score (nSPS) is 12.4. The minimum Gasteiger partial charge on any atom is -0.462 e. The molecule has 0 fully saturated rings. The van der Waals surface area contributed by atoms with Gasteiger partial charge in [0.2, 0.25) is 0 Å². The van der Waals surface area contributed by atoms with Gasteiger partial charge in [0.15, 0.2) is 6.10 Å². The Morgan fingerprint density at radius 3 is 0.779 bits per heavy atom. The van der Waals surface area contributed by atoms with Gasteiger partial charge in [-0.3, -0.25) is 14.4 Å². The highest BCUT2D eigenvalue weighted by atomic mass is 16.6. The molecule has 0 aromatic rings. The molecule has 448 valence electrons. The largest absolute Gasteiger partial charge is 0.462 e. The fourth-order valence-corrected chi connectivity index (χ4v) is 10.0. The van der Waals surface area contributed by atoms with Crippen LogP contribution in [0.15, 0.2) is 60.8 Å². The van der Waals surface area contributed by atoms with E-state index < -0.39 is 6.10 Å². The summed E-state index contributed by atoms with van der Waals surface area (Å²) in [5.74, 6) is -0.930. The molecule has 0 heterocycles. The third-order valence-corrected chi connectivity index (χ3v) is 15.0. The highest BCUT2D eigenvalue weighted by Gasteiger charge is 2.19. The van der Waals surface area contributed by atoms with Crippen LogP contribution in [-0.4, -0.2) is 37.2 Å². The van der Waals surface area contributed by atoms with Crippen molar-refractivity contribution in [1.29, 1.82) is 0 Å². The molecule has 0 N–H and O–H groups in total. The second kappa shape index (κ2) is 65.6. The summed E-state index contributed by atoms with van der Waals surface area (Å²) in [7, 11) is 0. The minimum atomic E-state index is -0.802. The van der Waals surface area contributed by atoms with Gasteiger partial charge in [-0.2, -0.15) is 0 Å². The van der Waals surface area contributed by atoms with Crippen LogP contribution in [0, 0.1) is 0 Å². The van der Waals surface area contributed by atoms with Gasteiger partial charge in [-0.25, -0.2) is 0 Å². The molecule has 0 aromatic heterocycles. The number of allylic oxidation sites excluding steroid dienone is 10. The van der Waals surface area contributed by atoms with Crippen molar-refractivity contribution in [3.63, 3.8) is 0 Å². The van der Waals surface area contributed by atoms with E-state index in [1.807, 2.05) is 0 Å². The Morgan fingerprint density at radius 1 is 0.273 bits per heavy atom. The summed E-state index contributed by atoms with van der Waals surface area (Å²) < 4.78 is 16.9.